The van der Waals surface area contributed by atoms with Gasteiger partial charge in [0.2, 0.25) is 0 Å². The Morgan fingerprint density at radius 2 is 1.77 bits per heavy atom. The molecule has 2 amide bonds. The van der Waals surface area contributed by atoms with E-state index in [9.17, 15) is 9.59 Å². The van der Waals surface area contributed by atoms with E-state index in [0.29, 0.717) is 39.8 Å². The highest BCUT2D eigenvalue weighted by molar-refractivity contribution is 7.16. The molecule has 0 aliphatic carbocycles. The van der Waals surface area contributed by atoms with Crippen molar-refractivity contribution in [2.45, 2.75) is 13.1 Å². The van der Waals surface area contributed by atoms with Crippen LogP contribution >= 0.6 is 22.9 Å². The fourth-order valence-corrected chi connectivity index (χ4v) is 4.93. The summed E-state index contributed by atoms with van der Waals surface area (Å²) < 4.78 is 8.28. The van der Waals surface area contributed by atoms with Crippen LogP contribution in [0, 0.1) is 0 Å². The number of nitrogens with zero attached hydrogens (tertiary/aromatic N) is 2. The van der Waals surface area contributed by atoms with Gasteiger partial charge < -0.3 is 14.3 Å². The molecule has 3 aromatic carbocycles. The molecule has 6 nitrogen and oxygen atoms in total. The Hall–Kier alpha value is -3.94. The van der Waals surface area contributed by atoms with Gasteiger partial charge in [-0.15, -0.1) is 0 Å². The predicted molar refractivity (Wildman–Crippen MR) is 137 cm³/mol. The van der Waals surface area contributed by atoms with Crippen molar-refractivity contribution in [3.05, 3.63) is 123 Å². The number of furan rings is 1. The summed E-state index contributed by atoms with van der Waals surface area (Å²) in [6.07, 6.45) is 1.57. The third kappa shape index (κ3) is 5.26. The van der Waals surface area contributed by atoms with Crippen molar-refractivity contribution in [2.24, 2.45) is 4.99 Å². The summed E-state index contributed by atoms with van der Waals surface area (Å²) in [5.41, 5.74) is 2.85. The molecule has 0 bridgehead atoms. The molecule has 0 saturated heterocycles. The lowest BCUT2D eigenvalue weighted by atomic mass is 10.1. The average molecular weight is 502 g/mol. The second-order valence-electron chi connectivity index (χ2n) is 7.83. The average Bonchev–Trinajstić information content (AvgIpc) is 3.51. The van der Waals surface area contributed by atoms with Gasteiger partial charge in [0.1, 0.15) is 5.76 Å². The van der Waals surface area contributed by atoms with E-state index in [0.717, 1.165) is 15.8 Å². The number of hydrogen-bond donors (Lipinski definition) is 1. The van der Waals surface area contributed by atoms with Crippen molar-refractivity contribution < 1.29 is 14.0 Å². The lowest BCUT2D eigenvalue weighted by molar-refractivity contribution is 0.0946. The highest BCUT2D eigenvalue weighted by atomic mass is 35.5. The highest BCUT2D eigenvalue weighted by Crippen LogP contribution is 2.19. The number of nitrogens with one attached hydrogen (secondary N) is 1. The molecule has 0 saturated carbocycles. The smallest absolute Gasteiger partial charge is 0.279 e. The first-order chi connectivity index (χ1) is 17.1. The van der Waals surface area contributed by atoms with E-state index in [1.165, 1.54) is 11.3 Å². The monoisotopic (exact) mass is 501 g/mol. The second-order valence-corrected chi connectivity index (χ2v) is 9.27. The molecule has 5 aromatic rings. The van der Waals surface area contributed by atoms with Crippen LogP contribution in [-0.2, 0) is 13.1 Å². The molecule has 0 radical (unpaired) electrons. The van der Waals surface area contributed by atoms with Crippen molar-refractivity contribution in [3.63, 3.8) is 0 Å². The number of halogens is 1. The van der Waals surface area contributed by atoms with E-state index in [2.05, 4.69) is 10.3 Å². The summed E-state index contributed by atoms with van der Waals surface area (Å²) >= 11 is 7.49. The number of aromatic nitrogens is 1. The standard InChI is InChI=1S/C27H20ClN3O3S/c28-21-9-4-8-20(15-21)26(33)30-27-31(23-11-1-2-12-24(23)35-27)17-18-6-3-7-19(14-18)25(32)29-16-22-10-5-13-34-22/h1-15H,16-17H2,(H,29,32). The van der Waals surface area contributed by atoms with Gasteiger partial charge in [0.15, 0.2) is 4.80 Å². The maximum absolute atomic E-state index is 12.9. The van der Waals surface area contributed by atoms with Crippen molar-refractivity contribution >= 4 is 45.0 Å². The van der Waals surface area contributed by atoms with E-state index in [1.807, 2.05) is 53.1 Å². The molecule has 0 atom stereocenters. The number of carbonyl (C=O) groups excluding carboxylic acids is 2. The van der Waals surface area contributed by atoms with Gasteiger partial charge in [-0.3, -0.25) is 9.59 Å². The van der Waals surface area contributed by atoms with Gasteiger partial charge in [-0.1, -0.05) is 53.3 Å². The second kappa shape index (κ2) is 10.1. The van der Waals surface area contributed by atoms with Gasteiger partial charge in [0.05, 0.1) is 29.6 Å². The first-order valence-corrected chi connectivity index (χ1v) is 12.1. The van der Waals surface area contributed by atoms with Crippen molar-refractivity contribution in [1.29, 1.82) is 0 Å². The first kappa shape index (κ1) is 22.8. The molecule has 0 unspecified atom stereocenters. The Morgan fingerprint density at radius 1 is 0.943 bits per heavy atom. The largest absolute Gasteiger partial charge is 0.467 e. The molecule has 0 fully saturated rings. The normalized spacial score (nSPS) is 11.6. The maximum Gasteiger partial charge on any atom is 0.279 e. The SMILES string of the molecule is O=C(N=c1sc2ccccc2n1Cc1cccc(C(=O)NCc2ccco2)c1)c1cccc(Cl)c1. The number of para-hydroxylation sites is 1. The minimum Gasteiger partial charge on any atom is -0.467 e. The maximum atomic E-state index is 12.9. The molecule has 5 rings (SSSR count). The van der Waals surface area contributed by atoms with Crippen molar-refractivity contribution in [1.82, 2.24) is 9.88 Å². The van der Waals surface area contributed by atoms with Gasteiger partial charge in [-0.2, -0.15) is 4.99 Å². The predicted octanol–water partition coefficient (Wildman–Crippen LogP) is 5.67. The third-order valence-electron chi connectivity index (χ3n) is 5.39. The summed E-state index contributed by atoms with van der Waals surface area (Å²) in [6.45, 7) is 0.763. The van der Waals surface area contributed by atoms with Crippen LogP contribution < -0.4 is 10.1 Å². The number of hydrogen-bond acceptors (Lipinski definition) is 4. The number of amides is 2. The molecule has 0 aliphatic rings. The molecule has 0 aliphatic heterocycles. The fraction of sp³-hybridized carbons (Fsp3) is 0.0741. The Morgan fingerprint density at radius 3 is 2.60 bits per heavy atom. The van der Waals surface area contributed by atoms with Gasteiger partial charge in [-0.25, -0.2) is 0 Å². The van der Waals surface area contributed by atoms with Crippen molar-refractivity contribution in [2.75, 3.05) is 0 Å². The summed E-state index contributed by atoms with van der Waals surface area (Å²) in [7, 11) is 0. The topological polar surface area (TPSA) is 76.6 Å². The summed E-state index contributed by atoms with van der Waals surface area (Å²) in [5, 5.41) is 3.35. The van der Waals surface area contributed by atoms with Crippen LogP contribution in [-0.4, -0.2) is 16.4 Å². The molecule has 174 valence electrons. The number of fused-ring (bicyclic) bond motifs is 1. The zero-order chi connectivity index (χ0) is 24.2. The molecule has 35 heavy (non-hydrogen) atoms. The van der Waals surface area contributed by atoms with Crippen LogP contribution in [0.4, 0.5) is 0 Å². The summed E-state index contributed by atoms with van der Waals surface area (Å²) in [6, 6.07) is 25.7. The lowest BCUT2D eigenvalue weighted by Crippen LogP contribution is -2.23. The van der Waals surface area contributed by atoms with E-state index in [4.69, 9.17) is 16.0 Å². The van der Waals surface area contributed by atoms with Crippen LogP contribution in [0.5, 0.6) is 0 Å². The summed E-state index contributed by atoms with van der Waals surface area (Å²) in [4.78, 5) is 30.5. The zero-order valence-corrected chi connectivity index (χ0v) is 20.1. The van der Waals surface area contributed by atoms with Crippen LogP contribution in [0.25, 0.3) is 10.2 Å². The fourth-order valence-electron chi connectivity index (χ4n) is 3.71. The number of carbonyl (C=O) groups is 2. The quantitative estimate of drug-likeness (QED) is 0.326. The van der Waals surface area contributed by atoms with Crippen LogP contribution in [0.2, 0.25) is 5.02 Å². The summed E-state index contributed by atoms with van der Waals surface area (Å²) in [5.74, 6) is 0.133. The molecule has 0 spiro atoms. The molecular weight excluding hydrogens is 482 g/mol. The highest BCUT2D eigenvalue weighted by Gasteiger charge is 2.12. The minimum atomic E-state index is -0.362. The number of benzene rings is 3. The van der Waals surface area contributed by atoms with E-state index in [-0.39, 0.29) is 11.8 Å². The minimum absolute atomic E-state index is 0.190. The van der Waals surface area contributed by atoms with Gasteiger partial charge in [-0.05, 0) is 60.2 Å². The third-order valence-corrected chi connectivity index (χ3v) is 6.68. The molecule has 1 N–H and O–H groups in total. The van der Waals surface area contributed by atoms with Crippen LogP contribution in [0.1, 0.15) is 32.0 Å². The molecule has 2 heterocycles. The Bertz CT molecular complexity index is 1580. The van der Waals surface area contributed by atoms with E-state index in [1.54, 1.807) is 42.7 Å². The van der Waals surface area contributed by atoms with Gasteiger partial charge >= 0.3 is 0 Å². The Kier molecular flexibility index (Phi) is 6.61. The molecule has 2 aromatic heterocycles. The zero-order valence-electron chi connectivity index (χ0n) is 18.5. The molecule has 8 heteroatoms. The number of rotatable bonds is 6. The van der Waals surface area contributed by atoms with Crippen LogP contribution in [0.3, 0.4) is 0 Å². The Balaban J connectivity index is 1.46. The molecular formula is C27H20ClN3O3S. The first-order valence-electron chi connectivity index (χ1n) is 10.9. The van der Waals surface area contributed by atoms with E-state index >= 15 is 0 Å². The van der Waals surface area contributed by atoms with Crippen LogP contribution in [0.15, 0.2) is 101 Å². The Labute approximate surface area is 210 Å². The van der Waals surface area contributed by atoms with E-state index < -0.39 is 0 Å². The van der Waals surface area contributed by atoms with Crippen molar-refractivity contribution in [3.8, 4) is 0 Å². The van der Waals surface area contributed by atoms with Gasteiger partial charge in [0.25, 0.3) is 11.8 Å². The lowest BCUT2D eigenvalue weighted by Gasteiger charge is -2.08. The van der Waals surface area contributed by atoms with Gasteiger partial charge in [0, 0.05) is 16.1 Å². The number of thiazole rings is 1.